The number of halogens is 1. The van der Waals surface area contributed by atoms with Crippen molar-refractivity contribution >= 4 is 24.2 Å². The molecule has 1 rings (SSSR count). The number of hydrogen-bond donors (Lipinski definition) is 2. The van der Waals surface area contributed by atoms with E-state index in [9.17, 15) is 0 Å². The van der Waals surface area contributed by atoms with E-state index in [1.807, 2.05) is 13.8 Å². The van der Waals surface area contributed by atoms with Gasteiger partial charge < -0.3 is 14.8 Å². The summed E-state index contributed by atoms with van der Waals surface area (Å²) in [5, 5.41) is 18.3. The van der Waals surface area contributed by atoms with Gasteiger partial charge in [-0.2, -0.15) is 0 Å². The molecule has 1 aromatic carbocycles. The van der Waals surface area contributed by atoms with Gasteiger partial charge in [0, 0.05) is 10.5 Å². The summed E-state index contributed by atoms with van der Waals surface area (Å²) in [6.07, 6.45) is 0.0415. The molecule has 5 heteroatoms. The maximum atomic E-state index is 8.98. The van der Waals surface area contributed by atoms with Gasteiger partial charge >= 0.3 is 7.12 Å². The Bertz CT molecular complexity index is 315. The minimum Gasteiger partial charge on any atom is -0.491 e. The Morgan fingerprint density at radius 1 is 1.36 bits per heavy atom. The molecule has 0 radical (unpaired) electrons. The molecule has 0 heterocycles. The Hall–Kier alpha value is -0.705. The Morgan fingerprint density at radius 2 is 2.00 bits per heavy atom. The molecule has 0 aliphatic carbocycles. The van der Waals surface area contributed by atoms with Crippen LogP contribution in [-0.4, -0.2) is 23.3 Å². The first kappa shape index (κ1) is 11.4. The molecule has 14 heavy (non-hydrogen) atoms. The van der Waals surface area contributed by atoms with Crippen LogP contribution in [0.25, 0.3) is 0 Å². The molecule has 0 aliphatic heterocycles. The van der Waals surface area contributed by atoms with E-state index in [0.29, 0.717) is 10.8 Å². The van der Waals surface area contributed by atoms with Gasteiger partial charge in [-0.25, -0.2) is 0 Å². The first-order chi connectivity index (χ1) is 6.50. The third-order valence-electron chi connectivity index (χ3n) is 1.62. The standard InChI is InChI=1S/C9H12BClO3/c1-6(2)14-7-3-4-9(11)8(5-7)10(12)13/h3-6,12-13H,1-2H3. The summed E-state index contributed by atoms with van der Waals surface area (Å²) in [6, 6.07) is 4.79. The van der Waals surface area contributed by atoms with E-state index in [2.05, 4.69) is 0 Å². The minimum atomic E-state index is -1.57. The highest BCUT2D eigenvalue weighted by molar-refractivity contribution is 6.62. The van der Waals surface area contributed by atoms with Gasteiger partial charge in [0.1, 0.15) is 5.75 Å². The first-order valence-electron chi connectivity index (χ1n) is 4.33. The van der Waals surface area contributed by atoms with Gasteiger partial charge in [-0.15, -0.1) is 0 Å². The van der Waals surface area contributed by atoms with Crippen molar-refractivity contribution in [2.75, 3.05) is 0 Å². The maximum absolute atomic E-state index is 8.98. The molecule has 2 N–H and O–H groups in total. The number of hydrogen-bond acceptors (Lipinski definition) is 3. The molecule has 0 aromatic heterocycles. The van der Waals surface area contributed by atoms with Gasteiger partial charge in [0.25, 0.3) is 0 Å². The van der Waals surface area contributed by atoms with Crippen LogP contribution in [0.15, 0.2) is 18.2 Å². The van der Waals surface area contributed by atoms with E-state index >= 15 is 0 Å². The lowest BCUT2D eigenvalue weighted by Crippen LogP contribution is -2.30. The molecule has 76 valence electrons. The Labute approximate surface area is 88.4 Å². The molecule has 0 fully saturated rings. The van der Waals surface area contributed by atoms with Gasteiger partial charge in [-0.3, -0.25) is 0 Å². The Morgan fingerprint density at radius 3 is 2.50 bits per heavy atom. The lowest BCUT2D eigenvalue weighted by molar-refractivity contribution is 0.242. The monoisotopic (exact) mass is 214 g/mol. The molecule has 1 aromatic rings. The van der Waals surface area contributed by atoms with Crippen LogP contribution in [0.3, 0.4) is 0 Å². The zero-order chi connectivity index (χ0) is 10.7. The van der Waals surface area contributed by atoms with Crippen LogP contribution in [0.5, 0.6) is 5.75 Å². The highest BCUT2D eigenvalue weighted by Gasteiger charge is 2.16. The number of rotatable bonds is 3. The zero-order valence-corrected chi connectivity index (χ0v) is 8.82. The van der Waals surface area contributed by atoms with Crippen LogP contribution in [0, 0.1) is 0 Å². The summed E-state index contributed by atoms with van der Waals surface area (Å²) in [5.74, 6) is 0.576. The topological polar surface area (TPSA) is 49.7 Å². The predicted molar refractivity (Wildman–Crippen MR) is 57.0 cm³/mol. The third-order valence-corrected chi connectivity index (χ3v) is 1.96. The molecular formula is C9H12BClO3. The normalized spacial score (nSPS) is 10.4. The van der Waals surface area contributed by atoms with Crippen molar-refractivity contribution < 1.29 is 14.8 Å². The third kappa shape index (κ3) is 2.91. The van der Waals surface area contributed by atoms with E-state index in [1.165, 1.54) is 6.07 Å². The van der Waals surface area contributed by atoms with E-state index in [-0.39, 0.29) is 11.6 Å². The van der Waals surface area contributed by atoms with Gasteiger partial charge in [0.2, 0.25) is 0 Å². The molecule has 3 nitrogen and oxygen atoms in total. The smallest absolute Gasteiger partial charge is 0.490 e. The summed E-state index contributed by atoms with van der Waals surface area (Å²) in [5.41, 5.74) is 0.254. The van der Waals surface area contributed by atoms with E-state index < -0.39 is 7.12 Å². The fraction of sp³-hybridized carbons (Fsp3) is 0.333. The second-order valence-electron chi connectivity index (χ2n) is 3.22. The fourth-order valence-electron chi connectivity index (χ4n) is 1.07. The van der Waals surface area contributed by atoms with Crippen molar-refractivity contribution in [3.63, 3.8) is 0 Å². The van der Waals surface area contributed by atoms with Crippen LogP contribution in [0.2, 0.25) is 5.02 Å². The van der Waals surface area contributed by atoms with Crippen molar-refractivity contribution in [2.45, 2.75) is 20.0 Å². The van der Waals surface area contributed by atoms with Gasteiger partial charge in [0.15, 0.2) is 0 Å². The molecule has 0 saturated heterocycles. The van der Waals surface area contributed by atoms with Crippen LogP contribution < -0.4 is 10.2 Å². The zero-order valence-electron chi connectivity index (χ0n) is 8.07. The quantitative estimate of drug-likeness (QED) is 0.732. The minimum absolute atomic E-state index is 0.0415. The molecule has 0 unspecified atom stereocenters. The summed E-state index contributed by atoms with van der Waals surface area (Å²) in [6.45, 7) is 3.79. The lowest BCUT2D eigenvalue weighted by atomic mass is 9.80. The van der Waals surface area contributed by atoms with Crippen LogP contribution in [-0.2, 0) is 0 Å². The molecular weight excluding hydrogens is 202 g/mol. The molecule has 0 aliphatic rings. The Balaban J connectivity index is 2.94. The highest BCUT2D eigenvalue weighted by Crippen LogP contribution is 2.15. The van der Waals surface area contributed by atoms with Gasteiger partial charge in [-0.05, 0) is 32.0 Å². The molecule has 0 spiro atoms. The van der Waals surface area contributed by atoms with E-state index in [4.69, 9.17) is 26.4 Å². The van der Waals surface area contributed by atoms with Crippen LogP contribution in [0.4, 0.5) is 0 Å². The number of benzene rings is 1. The van der Waals surface area contributed by atoms with Crippen molar-refractivity contribution in [1.29, 1.82) is 0 Å². The summed E-state index contributed by atoms with van der Waals surface area (Å²) >= 11 is 5.75. The van der Waals surface area contributed by atoms with Gasteiger partial charge in [-0.1, -0.05) is 11.6 Å². The summed E-state index contributed by atoms with van der Waals surface area (Å²) in [4.78, 5) is 0. The van der Waals surface area contributed by atoms with Crippen LogP contribution >= 0.6 is 11.6 Å². The van der Waals surface area contributed by atoms with Crippen molar-refractivity contribution in [2.24, 2.45) is 0 Å². The average molecular weight is 214 g/mol. The van der Waals surface area contributed by atoms with E-state index in [1.54, 1.807) is 12.1 Å². The molecule has 0 saturated carbocycles. The van der Waals surface area contributed by atoms with E-state index in [0.717, 1.165) is 0 Å². The van der Waals surface area contributed by atoms with Gasteiger partial charge in [0.05, 0.1) is 6.10 Å². The lowest BCUT2D eigenvalue weighted by Gasteiger charge is -2.11. The first-order valence-corrected chi connectivity index (χ1v) is 4.70. The van der Waals surface area contributed by atoms with Crippen molar-refractivity contribution in [3.05, 3.63) is 23.2 Å². The second-order valence-corrected chi connectivity index (χ2v) is 3.63. The maximum Gasteiger partial charge on any atom is 0.490 e. The van der Waals surface area contributed by atoms with Crippen molar-refractivity contribution in [1.82, 2.24) is 0 Å². The van der Waals surface area contributed by atoms with Crippen molar-refractivity contribution in [3.8, 4) is 5.75 Å². The molecule has 0 atom stereocenters. The largest absolute Gasteiger partial charge is 0.491 e. The molecule has 0 amide bonds. The SMILES string of the molecule is CC(C)Oc1ccc(Cl)c(B(O)O)c1. The molecule has 0 bridgehead atoms. The highest BCUT2D eigenvalue weighted by atomic mass is 35.5. The fourth-order valence-corrected chi connectivity index (χ4v) is 1.28. The number of ether oxygens (including phenoxy) is 1. The van der Waals surface area contributed by atoms with Crippen LogP contribution in [0.1, 0.15) is 13.8 Å². The summed E-state index contributed by atoms with van der Waals surface area (Å²) in [7, 11) is -1.57. The average Bonchev–Trinajstić information content (AvgIpc) is 2.07. The summed E-state index contributed by atoms with van der Waals surface area (Å²) < 4.78 is 5.38. The second kappa shape index (κ2) is 4.69. The predicted octanol–water partition coefficient (Wildman–Crippen LogP) is 0.807. The Kier molecular flexibility index (Phi) is 3.81.